The summed E-state index contributed by atoms with van der Waals surface area (Å²) in [5, 5.41) is 2.58. The number of piperazine rings is 1. The highest BCUT2D eigenvalue weighted by molar-refractivity contribution is 7.09. The number of hydrogen-bond acceptors (Lipinski definition) is 7. The molecule has 3 amide bonds. The summed E-state index contributed by atoms with van der Waals surface area (Å²) in [4.78, 5) is 43.9. The number of carbonyl (C=O) groups excluding carboxylic acids is 3. The molecule has 27 heavy (non-hydrogen) atoms. The van der Waals surface area contributed by atoms with E-state index in [1.165, 1.54) is 17.6 Å². The fourth-order valence-electron chi connectivity index (χ4n) is 2.71. The van der Waals surface area contributed by atoms with Crippen LogP contribution >= 0.6 is 11.3 Å². The van der Waals surface area contributed by atoms with E-state index in [-0.39, 0.29) is 30.7 Å². The van der Waals surface area contributed by atoms with Crippen molar-refractivity contribution in [2.75, 3.05) is 32.7 Å². The molecule has 0 saturated carbocycles. The van der Waals surface area contributed by atoms with Gasteiger partial charge in [-0.25, -0.2) is 4.98 Å². The van der Waals surface area contributed by atoms with Gasteiger partial charge >= 0.3 is 0 Å². The number of hydrazine groups is 1. The topological polar surface area (TPSA) is 108 Å². The van der Waals surface area contributed by atoms with Gasteiger partial charge in [-0.3, -0.25) is 30.1 Å². The summed E-state index contributed by atoms with van der Waals surface area (Å²) in [6.45, 7) is 4.20. The number of amides is 3. The molecule has 3 rings (SSSR count). The summed E-state index contributed by atoms with van der Waals surface area (Å²) in [5.41, 5.74) is 5.69. The molecule has 0 radical (unpaired) electrons. The van der Waals surface area contributed by atoms with Crippen LogP contribution in [0.2, 0.25) is 0 Å². The first-order chi connectivity index (χ1) is 13.0. The van der Waals surface area contributed by atoms with Crippen molar-refractivity contribution in [3.05, 3.63) is 40.2 Å². The molecule has 0 aliphatic carbocycles. The van der Waals surface area contributed by atoms with Crippen molar-refractivity contribution in [3.63, 3.8) is 0 Å². The maximum absolute atomic E-state index is 12.2. The molecule has 9 nitrogen and oxygen atoms in total. The van der Waals surface area contributed by atoms with E-state index in [0.29, 0.717) is 36.9 Å². The quantitative estimate of drug-likeness (QED) is 0.705. The summed E-state index contributed by atoms with van der Waals surface area (Å²) in [5.74, 6) is -0.441. The highest BCUT2D eigenvalue weighted by atomic mass is 32.1. The van der Waals surface area contributed by atoms with Crippen molar-refractivity contribution < 1.29 is 18.8 Å². The zero-order valence-electron chi connectivity index (χ0n) is 14.9. The van der Waals surface area contributed by atoms with Crippen LogP contribution in [0.25, 0.3) is 0 Å². The van der Waals surface area contributed by atoms with Gasteiger partial charge in [0.15, 0.2) is 5.76 Å². The van der Waals surface area contributed by atoms with Gasteiger partial charge in [0.1, 0.15) is 5.01 Å². The summed E-state index contributed by atoms with van der Waals surface area (Å²) in [6.07, 6.45) is 1.60. The summed E-state index contributed by atoms with van der Waals surface area (Å²) < 4.78 is 5.13. The van der Waals surface area contributed by atoms with Gasteiger partial charge in [-0.2, -0.15) is 0 Å². The molecule has 0 bridgehead atoms. The Bertz CT molecular complexity index is 796. The van der Waals surface area contributed by atoms with E-state index in [1.54, 1.807) is 17.0 Å². The van der Waals surface area contributed by atoms with Crippen LogP contribution < -0.4 is 10.9 Å². The van der Waals surface area contributed by atoms with Crippen LogP contribution in [0, 0.1) is 6.92 Å². The lowest BCUT2D eigenvalue weighted by molar-refractivity contribution is -0.129. The third kappa shape index (κ3) is 5.38. The van der Waals surface area contributed by atoms with Crippen molar-refractivity contribution in [2.24, 2.45) is 0 Å². The van der Waals surface area contributed by atoms with Gasteiger partial charge < -0.3 is 9.32 Å². The van der Waals surface area contributed by atoms with Crippen molar-refractivity contribution in [2.45, 2.75) is 13.3 Å². The fourth-order valence-corrected chi connectivity index (χ4v) is 3.48. The fraction of sp³-hybridized carbons (Fsp3) is 0.412. The first-order valence-corrected chi connectivity index (χ1v) is 9.43. The molecule has 0 atom stereocenters. The van der Waals surface area contributed by atoms with E-state index in [9.17, 15) is 14.4 Å². The van der Waals surface area contributed by atoms with Crippen molar-refractivity contribution >= 4 is 29.1 Å². The lowest BCUT2D eigenvalue weighted by atomic mass is 10.3. The van der Waals surface area contributed by atoms with Crippen molar-refractivity contribution in [1.29, 1.82) is 0 Å². The van der Waals surface area contributed by atoms with E-state index >= 15 is 0 Å². The molecule has 1 fully saturated rings. The van der Waals surface area contributed by atoms with E-state index in [1.807, 2.05) is 17.2 Å². The molecule has 1 aliphatic rings. The van der Waals surface area contributed by atoms with Gasteiger partial charge in [-0.05, 0) is 19.1 Å². The predicted molar refractivity (Wildman–Crippen MR) is 97.9 cm³/mol. The minimum atomic E-state index is -0.313. The largest absolute Gasteiger partial charge is 0.459 e. The van der Waals surface area contributed by atoms with Crippen LogP contribution in [-0.4, -0.2) is 65.2 Å². The highest BCUT2D eigenvalue weighted by Crippen LogP contribution is 2.10. The first kappa shape index (κ1) is 19.1. The Balaban J connectivity index is 1.35. The first-order valence-electron chi connectivity index (χ1n) is 8.55. The van der Waals surface area contributed by atoms with E-state index in [2.05, 4.69) is 15.8 Å². The van der Waals surface area contributed by atoms with Crippen LogP contribution in [0.4, 0.5) is 0 Å². The van der Waals surface area contributed by atoms with Crippen molar-refractivity contribution in [1.82, 2.24) is 25.6 Å². The number of furan rings is 1. The molecular weight excluding hydrogens is 370 g/mol. The van der Waals surface area contributed by atoms with E-state index in [4.69, 9.17) is 4.42 Å². The molecule has 2 aromatic rings. The summed E-state index contributed by atoms with van der Waals surface area (Å²) in [6, 6.07) is 3.32. The normalized spacial score (nSPS) is 14.8. The van der Waals surface area contributed by atoms with Crippen LogP contribution in [0.1, 0.15) is 21.3 Å². The third-order valence-electron chi connectivity index (χ3n) is 4.08. The Hall–Kier alpha value is -2.72. The van der Waals surface area contributed by atoms with Gasteiger partial charge in [-0.1, -0.05) is 0 Å². The highest BCUT2D eigenvalue weighted by Gasteiger charge is 2.24. The van der Waals surface area contributed by atoms with Gasteiger partial charge in [0.25, 0.3) is 11.8 Å². The number of nitrogens with zero attached hydrogens (tertiary/aromatic N) is 3. The Morgan fingerprint density at radius 2 is 1.93 bits per heavy atom. The van der Waals surface area contributed by atoms with Crippen LogP contribution in [0.5, 0.6) is 0 Å². The van der Waals surface area contributed by atoms with Crippen LogP contribution in [0.3, 0.4) is 0 Å². The number of aromatic nitrogens is 1. The zero-order chi connectivity index (χ0) is 19.2. The monoisotopic (exact) mass is 391 g/mol. The Morgan fingerprint density at radius 1 is 1.19 bits per heavy atom. The SMILES string of the molecule is Cc1csc(CC(=O)NNC(=O)CN2CCN(C(=O)c3ccco3)CC2)n1. The molecular formula is C17H21N5O4S. The smallest absolute Gasteiger partial charge is 0.289 e. The number of carbonyl (C=O) groups is 3. The molecule has 3 heterocycles. The molecule has 2 aromatic heterocycles. The summed E-state index contributed by atoms with van der Waals surface area (Å²) in [7, 11) is 0. The number of thiazole rings is 1. The molecule has 144 valence electrons. The number of aryl methyl sites for hydroxylation is 1. The van der Waals surface area contributed by atoms with Crippen LogP contribution in [0.15, 0.2) is 28.2 Å². The minimum Gasteiger partial charge on any atom is -0.459 e. The summed E-state index contributed by atoms with van der Waals surface area (Å²) >= 11 is 1.41. The Morgan fingerprint density at radius 3 is 2.56 bits per heavy atom. The van der Waals surface area contributed by atoms with Gasteiger partial charge in [0.2, 0.25) is 5.91 Å². The van der Waals surface area contributed by atoms with Crippen molar-refractivity contribution in [3.8, 4) is 0 Å². The number of rotatable bonds is 5. The van der Waals surface area contributed by atoms with Gasteiger partial charge in [0, 0.05) is 37.3 Å². The Kier molecular flexibility index (Phi) is 6.20. The zero-order valence-corrected chi connectivity index (χ0v) is 15.8. The van der Waals surface area contributed by atoms with Gasteiger partial charge in [0.05, 0.1) is 19.2 Å². The number of hydrogen-bond donors (Lipinski definition) is 2. The maximum atomic E-state index is 12.2. The molecule has 1 aliphatic heterocycles. The molecule has 0 unspecified atom stereocenters. The van der Waals surface area contributed by atoms with Crippen LogP contribution in [-0.2, 0) is 16.0 Å². The molecule has 0 aromatic carbocycles. The predicted octanol–water partition coefficient (Wildman–Crippen LogP) is 0.192. The Labute approximate surface area is 160 Å². The molecule has 0 spiro atoms. The second-order valence-corrected chi connectivity index (χ2v) is 7.14. The van der Waals surface area contributed by atoms with Gasteiger partial charge in [-0.15, -0.1) is 11.3 Å². The lowest BCUT2D eigenvalue weighted by Gasteiger charge is -2.33. The maximum Gasteiger partial charge on any atom is 0.289 e. The minimum absolute atomic E-state index is 0.131. The van der Waals surface area contributed by atoms with E-state index < -0.39 is 0 Å². The average Bonchev–Trinajstić information content (AvgIpc) is 3.32. The number of nitrogens with one attached hydrogen (secondary N) is 2. The molecule has 1 saturated heterocycles. The van der Waals surface area contributed by atoms with E-state index in [0.717, 1.165) is 5.69 Å². The third-order valence-corrected chi connectivity index (χ3v) is 5.05. The average molecular weight is 391 g/mol. The molecule has 10 heteroatoms. The standard InChI is InChI=1S/C17H21N5O4S/c1-12-11-27-16(18-12)9-14(23)19-20-15(24)10-21-4-6-22(7-5-21)17(25)13-3-2-8-26-13/h2-3,8,11H,4-7,9-10H2,1H3,(H,19,23)(H,20,24). The lowest BCUT2D eigenvalue weighted by Crippen LogP contribution is -2.53. The second-order valence-electron chi connectivity index (χ2n) is 6.20. The molecule has 2 N–H and O–H groups in total. The second kappa shape index (κ2) is 8.78.